The topological polar surface area (TPSA) is 83.4 Å². The fourth-order valence-electron chi connectivity index (χ4n) is 3.69. The lowest BCUT2D eigenvalue weighted by Gasteiger charge is -2.34. The number of nitrogens with zero attached hydrogens (tertiary/aromatic N) is 5. The predicted octanol–water partition coefficient (Wildman–Crippen LogP) is 2.03. The number of amides is 2. The molecule has 8 nitrogen and oxygen atoms in total. The maximum Gasteiger partial charge on any atom is 0.272 e. The molecular weight excluding hydrogens is 392 g/mol. The molecule has 31 heavy (non-hydrogen) atoms. The Balaban J connectivity index is 1.28. The molecule has 160 valence electrons. The highest BCUT2D eigenvalue weighted by atomic mass is 16.2. The number of carbonyl (C=O) groups is 2. The first-order valence-electron chi connectivity index (χ1n) is 10.4. The van der Waals surface area contributed by atoms with Crippen molar-refractivity contribution in [3.8, 4) is 0 Å². The van der Waals surface area contributed by atoms with Gasteiger partial charge in [0, 0.05) is 38.4 Å². The maximum absolute atomic E-state index is 12.6. The number of hydrogen-bond acceptors (Lipinski definition) is 5. The fraction of sp³-hybridized carbons (Fsp3) is 0.304. The van der Waals surface area contributed by atoms with Crippen molar-refractivity contribution in [2.24, 2.45) is 0 Å². The monoisotopic (exact) mass is 418 g/mol. The van der Waals surface area contributed by atoms with Gasteiger partial charge in [-0.05, 0) is 24.6 Å². The number of hydrogen-bond donors (Lipinski definition) is 1. The van der Waals surface area contributed by atoms with E-state index in [9.17, 15) is 9.59 Å². The lowest BCUT2D eigenvalue weighted by atomic mass is 10.1. The van der Waals surface area contributed by atoms with E-state index in [1.807, 2.05) is 18.2 Å². The molecular formula is C23H26N6O2. The van der Waals surface area contributed by atoms with E-state index in [-0.39, 0.29) is 18.4 Å². The number of anilines is 1. The van der Waals surface area contributed by atoms with E-state index in [1.165, 1.54) is 5.56 Å². The van der Waals surface area contributed by atoms with Gasteiger partial charge in [-0.2, -0.15) is 5.10 Å². The predicted molar refractivity (Wildman–Crippen MR) is 118 cm³/mol. The van der Waals surface area contributed by atoms with Crippen LogP contribution in [0.5, 0.6) is 0 Å². The Kier molecular flexibility index (Phi) is 6.37. The second-order valence-corrected chi connectivity index (χ2v) is 7.69. The maximum atomic E-state index is 12.6. The molecule has 1 aliphatic rings. The van der Waals surface area contributed by atoms with Gasteiger partial charge in [-0.3, -0.25) is 19.5 Å². The molecule has 0 atom stereocenters. The van der Waals surface area contributed by atoms with E-state index in [0.717, 1.165) is 5.56 Å². The summed E-state index contributed by atoms with van der Waals surface area (Å²) < 4.78 is 1.79. The molecule has 0 radical (unpaired) electrons. The van der Waals surface area contributed by atoms with Crippen molar-refractivity contribution >= 4 is 17.6 Å². The summed E-state index contributed by atoms with van der Waals surface area (Å²) in [6.45, 7) is 5.38. The van der Waals surface area contributed by atoms with E-state index in [2.05, 4.69) is 39.4 Å². The van der Waals surface area contributed by atoms with Crippen molar-refractivity contribution in [1.82, 2.24) is 24.6 Å². The molecule has 2 aromatic heterocycles. The number of aromatic nitrogens is 3. The third-order valence-corrected chi connectivity index (χ3v) is 5.31. The van der Waals surface area contributed by atoms with Gasteiger partial charge in [0.25, 0.3) is 5.91 Å². The van der Waals surface area contributed by atoms with Gasteiger partial charge in [0.15, 0.2) is 0 Å². The first-order chi connectivity index (χ1) is 15.1. The Morgan fingerprint density at radius 1 is 1.00 bits per heavy atom. The Bertz CT molecular complexity index is 1040. The van der Waals surface area contributed by atoms with E-state index in [1.54, 1.807) is 40.2 Å². The van der Waals surface area contributed by atoms with Crippen LogP contribution in [0.15, 0.2) is 60.9 Å². The SMILES string of the molecule is Cc1cccc(Cn2nccc2NC(=O)CN2CCN(C(=O)c3ccccn3)CC2)c1. The summed E-state index contributed by atoms with van der Waals surface area (Å²) in [6, 6.07) is 15.4. The lowest BCUT2D eigenvalue weighted by molar-refractivity contribution is -0.117. The van der Waals surface area contributed by atoms with Crippen LogP contribution in [0.3, 0.4) is 0 Å². The third-order valence-electron chi connectivity index (χ3n) is 5.31. The molecule has 1 aliphatic heterocycles. The molecule has 3 heterocycles. The van der Waals surface area contributed by atoms with Gasteiger partial charge in [0.1, 0.15) is 11.5 Å². The highest BCUT2D eigenvalue weighted by Gasteiger charge is 2.24. The number of benzene rings is 1. The summed E-state index contributed by atoms with van der Waals surface area (Å²) in [7, 11) is 0. The van der Waals surface area contributed by atoms with Crippen LogP contribution in [-0.4, -0.2) is 69.1 Å². The standard InChI is InChI=1S/C23H26N6O2/c1-18-5-4-6-19(15-18)16-29-21(8-10-25-29)26-22(30)17-27-11-13-28(14-12-27)23(31)20-7-2-3-9-24-20/h2-10,15H,11-14,16-17H2,1H3,(H,26,30). The smallest absolute Gasteiger partial charge is 0.272 e. The van der Waals surface area contributed by atoms with Crippen LogP contribution in [0.25, 0.3) is 0 Å². The van der Waals surface area contributed by atoms with Gasteiger partial charge in [-0.1, -0.05) is 35.9 Å². The Labute approximate surface area is 181 Å². The summed E-state index contributed by atoms with van der Waals surface area (Å²) in [5.74, 6) is 0.524. The normalized spacial score (nSPS) is 14.4. The van der Waals surface area contributed by atoms with Crippen molar-refractivity contribution in [3.05, 3.63) is 77.7 Å². The second kappa shape index (κ2) is 9.53. The molecule has 0 bridgehead atoms. The zero-order valence-corrected chi connectivity index (χ0v) is 17.6. The van der Waals surface area contributed by atoms with Gasteiger partial charge >= 0.3 is 0 Å². The highest BCUT2D eigenvalue weighted by molar-refractivity contribution is 5.92. The molecule has 0 spiro atoms. The molecule has 3 aromatic rings. The van der Waals surface area contributed by atoms with E-state index < -0.39 is 0 Å². The van der Waals surface area contributed by atoms with Crippen molar-refractivity contribution in [2.75, 3.05) is 38.0 Å². The number of piperazine rings is 1. The summed E-state index contributed by atoms with van der Waals surface area (Å²) >= 11 is 0. The minimum Gasteiger partial charge on any atom is -0.335 e. The van der Waals surface area contributed by atoms with Crippen molar-refractivity contribution < 1.29 is 9.59 Å². The zero-order chi connectivity index (χ0) is 21.6. The van der Waals surface area contributed by atoms with Crippen LogP contribution >= 0.6 is 0 Å². The van der Waals surface area contributed by atoms with Gasteiger partial charge in [-0.25, -0.2) is 4.68 Å². The molecule has 8 heteroatoms. The molecule has 0 aliphatic carbocycles. The Hall–Kier alpha value is -3.52. The van der Waals surface area contributed by atoms with Crippen molar-refractivity contribution in [3.63, 3.8) is 0 Å². The van der Waals surface area contributed by atoms with Crippen LogP contribution in [0.4, 0.5) is 5.82 Å². The molecule has 0 unspecified atom stereocenters. The Morgan fingerprint density at radius 3 is 2.58 bits per heavy atom. The van der Waals surface area contributed by atoms with Crippen LogP contribution in [0.2, 0.25) is 0 Å². The average molecular weight is 419 g/mol. The molecule has 1 fully saturated rings. The van der Waals surface area contributed by atoms with Crippen LogP contribution in [-0.2, 0) is 11.3 Å². The van der Waals surface area contributed by atoms with Crippen molar-refractivity contribution in [1.29, 1.82) is 0 Å². The van der Waals surface area contributed by atoms with E-state index in [0.29, 0.717) is 44.2 Å². The van der Waals surface area contributed by atoms with Crippen molar-refractivity contribution in [2.45, 2.75) is 13.5 Å². The lowest BCUT2D eigenvalue weighted by Crippen LogP contribution is -2.50. The second-order valence-electron chi connectivity index (χ2n) is 7.69. The fourth-order valence-corrected chi connectivity index (χ4v) is 3.69. The van der Waals surface area contributed by atoms with Gasteiger partial charge in [-0.15, -0.1) is 0 Å². The summed E-state index contributed by atoms with van der Waals surface area (Å²) in [5.41, 5.74) is 2.78. The first kappa shape index (κ1) is 20.7. The molecule has 0 saturated carbocycles. The molecule has 4 rings (SSSR count). The zero-order valence-electron chi connectivity index (χ0n) is 17.6. The first-order valence-corrected chi connectivity index (χ1v) is 10.4. The van der Waals surface area contributed by atoms with Crippen LogP contribution in [0.1, 0.15) is 21.6 Å². The average Bonchev–Trinajstić information content (AvgIpc) is 3.20. The number of pyridine rings is 1. The van der Waals surface area contributed by atoms with E-state index in [4.69, 9.17) is 0 Å². The molecule has 1 aromatic carbocycles. The van der Waals surface area contributed by atoms with Crippen LogP contribution in [0, 0.1) is 6.92 Å². The summed E-state index contributed by atoms with van der Waals surface area (Å²) in [5, 5.41) is 7.30. The minimum absolute atomic E-state index is 0.0650. The van der Waals surface area contributed by atoms with Crippen LogP contribution < -0.4 is 5.32 Å². The number of aryl methyl sites for hydroxylation is 1. The van der Waals surface area contributed by atoms with Gasteiger partial charge in [0.05, 0.1) is 19.3 Å². The largest absolute Gasteiger partial charge is 0.335 e. The number of rotatable bonds is 6. The van der Waals surface area contributed by atoms with E-state index >= 15 is 0 Å². The highest BCUT2D eigenvalue weighted by Crippen LogP contribution is 2.12. The Morgan fingerprint density at radius 2 is 1.84 bits per heavy atom. The summed E-state index contributed by atoms with van der Waals surface area (Å²) in [4.78, 5) is 33.1. The van der Waals surface area contributed by atoms with Gasteiger partial charge < -0.3 is 10.2 Å². The summed E-state index contributed by atoms with van der Waals surface area (Å²) in [6.07, 6.45) is 3.31. The third kappa shape index (κ3) is 5.35. The molecule has 1 N–H and O–H groups in total. The number of carbonyl (C=O) groups excluding carboxylic acids is 2. The molecule has 2 amide bonds. The minimum atomic E-state index is -0.0875. The molecule has 1 saturated heterocycles. The van der Waals surface area contributed by atoms with Gasteiger partial charge in [0.2, 0.25) is 5.91 Å². The number of nitrogens with one attached hydrogen (secondary N) is 1. The quantitative estimate of drug-likeness (QED) is 0.662.